The van der Waals surface area contributed by atoms with Crippen LogP contribution in [-0.4, -0.2) is 30.9 Å². The Morgan fingerprint density at radius 3 is 3.04 bits per heavy atom. The van der Waals surface area contributed by atoms with E-state index in [1.807, 2.05) is 0 Å². The second kappa shape index (κ2) is 6.51. The lowest BCUT2D eigenvalue weighted by Crippen LogP contribution is -2.15. The summed E-state index contributed by atoms with van der Waals surface area (Å²) in [6.45, 7) is 3.08. The lowest BCUT2D eigenvalue weighted by Gasteiger charge is -2.10. The molecule has 23 heavy (non-hydrogen) atoms. The van der Waals surface area contributed by atoms with Gasteiger partial charge in [-0.25, -0.2) is 8.42 Å². The van der Waals surface area contributed by atoms with Crippen LogP contribution >= 0.6 is 11.6 Å². The summed E-state index contributed by atoms with van der Waals surface area (Å²) in [7, 11) is -3.70. The number of hydrogen-bond donors (Lipinski definition) is 1. The molecule has 0 bridgehead atoms. The molecular formula is C15H18ClN3O3S. The zero-order chi connectivity index (χ0) is 16.4. The van der Waals surface area contributed by atoms with Crippen molar-refractivity contribution >= 4 is 27.3 Å². The molecule has 1 aromatic heterocycles. The van der Waals surface area contributed by atoms with E-state index < -0.39 is 10.0 Å². The van der Waals surface area contributed by atoms with E-state index in [2.05, 4.69) is 9.82 Å². The topological polar surface area (TPSA) is 73.2 Å². The summed E-state index contributed by atoms with van der Waals surface area (Å²) in [5.41, 5.74) is 0.941. The van der Waals surface area contributed by atoms with Gasteiger partial charge in [0.15, 0.2) is 0 Å². The summed E-state index contributed by atoms with van der Waals surface area (Å²) < 4.78 is 34.8. The van der Waals surface area contributed by atoms with E-state index in [4.69, 9.17) is 16.3 Å². The molecule has 1 aliphatic heterocycles. The highest BCUT2D eigenvalue weighted by atomic mass is 35.5. The number of halogens is 1. The molecule has 1 N–H and O–H groups in total. The number of anilines is 1. The first-order valence-electron chi connectivity index (χ1n) is 7.38. The third kappa shape index (κ3) is 3.68. The molecule has 8 heteroatoms. The fourth-order valence-electron chi connectivity index (χ4n) is 2.60. The first kappa shape index (κ1) is 16.3. The van der Waals surface area contributed by atoms with Crippen LogP contribution in [0.5, 0.6) is 0 Å². The monoisotopic (exact) mass is 355 g/mol. The van der Waals surface area contributed by atoms with Gasteiger partial charge in [0, 0.05) is 17.8 Å². The van der Waals surface area contributed by atoms with Crippen LogP contribution in [0.3, 0.4) is 0 Å². The predicted molar refractivity (Wildman–Crippen MR) is 88.2 cm³/mol. The first-order chi connectivity index (χ1) is 11.0. The summed E-state index contributed by atoms with van der Waals surface area (Å²) in [5.74, 6) is 0. The highest BCUT2D eigenvalue weighted by Crippen LogP contribution is 2.24. The van der Waals surface area contributed by atoms with Crippen LogP contribution in [0.15, 0.2) is 35.5 Å². The maximum Gasteiger partial charge on any atom is 0.262 e. The average Bonchev–Trinajstić information content (AvgIpc) is 3.14. The summed E-state index contributed by atoms with van der Waals surface area (Å²) in [4.78, 5) is 0.164. The Kier molecular flexibility index (Phi) is 4.61. The molecular weight excluding hydrogens is 338 g/mol. The van der Waals surface area contributed by atoms with Gasteiger partial charge in [-0.15, -0.1) is 0 Å². The van der Waals surface area contributed by atoms with Crippen LogP contribution < -0.4 is 4.72 Å². The lowest BCUT2D eigenvalue weighted by atomic mass is 10.2. The molecule has 1 aliphatic rings. The highest BCUT2D eigenvalue weighted by molar-refractivity contribution is 7.92. The number of hydrogen-bond acceptors (Lipinski definition) is 4. The van der Waals surface area contributed by atoms with E-state index in [0.717, 1.165) is 19.4 Å². The molecule has 124 valence electrons. The number of nitrogens with zero attached hydrogens (tertiary/aromatic N) is 2. The summed E-state index contributed by atoms with van der Waals surface area (Å²) in [5, 5.41) is 4.60. The van der Waals surface area contributed by atoms with Crippen LogP contribution in [0.4, 0.5) is 5.69 Å². The number of ether oxygens (including phenoxy) is 1. The predicted octanol–water partition coefficient (Wildman–Crippen LogP) is 2.82. The van der Waals surface area contributed by atoms with Crippen molar-refractivity contribution in [3.63, 3.8) is 0 Å². The highest BCUT2D eigenvalue weighted by Gasteiger charge is 2.20. The maximum absolute atomic E-state index is 12.5. The Labute approximate surface area is 140 Å². The van der Waals surface area contributed by atoms with E-state index in [1.54, 1.807) is 29.9 Å². The van der Waals surface area contributed by atoms with E-state index >= 15 is 0 Å². The minimum atomic E-state index is -3.70. The fraction of sp³-hybridized carbons (Fsp3) is 0.400. The summed E-state index contributed by atoms with van der Waals surface area (Å²) in [6, 6.07) is 4.81. The smallest absolute Gasteiger partial charge is 0.262 e. The molecule has 3 rings (SSSR count). The van der Waals surface area contributed by atoms with Gasteiger partial charge in [-0.3, -0.25) is 9.40 Å². The minimum absolute atomic E-state index is 0.148. The van der Waals surface area contributed by atoms with Gasteiger partial charge in [-0.05, 0) is 37.5 Å². The standard InChI is InChI=1S/C15H18ClN3O3S/c1-11-14(16)5-2-6-15(11)23(20,21)18-12-8-17-19(9-12)10-13-4-3-7-22-13/h2,5-6,8-9,13,18H,3-4,7,10H2,1H3. The number of sulfonamides is 1. The third-order valence-corrected chi connectivity index (χ3v) is 5.74. The second-order valence-electron chi connectivity index (χ2n) is 5.55. The molecule has 0 aliphatic carbocycles. The van der Waals surface area contributed by atoms with Crippen LogP contribution in [0.1, 0.15) is 18.4 Å². The number of aromatic nitrogens is 2. The largest absolute Gasteiger partial charge is 0.376 e. The third-order valence-electron chi connectivity index (χ3n) is 3.81. The normalized spacial score (nSPS) is 18.3. The van der Waals surface area contributed by atoms with Gasteiger partial charge in [-0.2, -0.15) is 5.10 Å². The van der Waals surface area contributed by atoms with E-state index in [1.165, 1.54) is 12.3 Å². The average molecular weight is 356 g/mol. The fourth-order valence-corrected chi connectivity index (χ4v) is 4.13. The number of rotatable bonds is 5. The van der Waals surface area contributed by atoms with Gasteiger partial charge in [0.1, 0.15) is 0 Å². The first-order valence-corrected chi connectivity index (χ1v) is 9.24. The number of nitrogens with one attached hydrogen (secondary N) is 1. The molecule has 2 aromatic rings. The minimum Gasteiger partial charge on any atom is -0.376 e. The molecule has 0 spiro atoms. The van der Waals surface area contributed by atoms with Crippen molar-refractivity contribution in [3.05, 3.63) is 41.2 Å². The summed E-state index contributed by atoms with van der Waals surface area (Å²) >= 11 is 6.00. The summed E-state index contributed by atoms with van der Waals surface area (Å²) in [6.07, 6.45) is 5.36. The van der Waals surface area contributed by atoms with Crippen molar-refractivity contribution in [3.8, 4) is 0 Å². The maximum atomic E-state index is 12.5. The Morgan fingerprint density at radius 2 is 2.30 bits per heavy atom. The lowest BCUT2D eigenvalue weighted by molar-refractivity contribution is 0.0940. The Morgan fingerprint density at radius 1 is 1.48 bits per heavy atom. The van der Waals surface area contributed by atoms with Crippen molar-refractivity contribution < 1.29 is 13.2 Å². The molecule has 0 radical (unpaired) electrons. The van der Waals surface area contributed by atoms with Gasteiger partial charge in [0.25, 0.3) is 10.0 Å². The van der Waals surface area contributed by atoms with E-state index in [-0.39, 0.29) is 11.0 Å². The molecule has 1 aromatic carbocycles. The van der Waals surface area contributed by atoms with Crippen LogP contribution in [-0.2, 0) is 21.3 Å². The van der Waals surface area contributed by atoms with E-state index in [0.29, 0.717) is 22.8 Å². The van der Waals surface area contributed by atoms with Gasteiger partial charge in [0.2, 0.25) is 0 Å². The Balaban J connectivity index is 1.75. The molecule has 1 saturated heterocycles. The SMILES string of the molecule is Cc1c(Cl)cccc1S(=O)(=O)Nc1cnn(CC2CCCO2)c1. The van der Waals surface area contributed by atoms with Crippen molar-refractivity contribution in [2.75, 3.05) is 11.3 Å². The zero-order valence-corrected chi connectivity index (χ0v) is 14.3. The molecule has 2 heterocycles. The molecule has 0 saturated carbocycles. The van der Waals surface area contributed by atoms with Crippen LogP contribution in [0.2, 0.25) is 5.02 Å². The second-order valence-corrected chi connectivity index (χ2v) is 7.61. The van der Waals surface area contributed by atoms with Gasteiger partial charge in [0.05, 0.1) is 29.4 Å². The number of benzene rings is 1. The van der Waals surface area contributed by atoms with Gasteiger partial charge >= 0.3 is 0 Å². The van der Waals surface area contributed by atoms with Gasteiger partial charge < -0.3 is 4.74 Å². The molecule has 0 amide bonds. The van der Waals surface area contributed by atoms with E-state index in [9.17, 15) is 8.42 Å². The quantitative estimate of drug-likeness (QED) is 0.895. The Hall–Kier alpha value is -1.57. The van der Waals surface area contributed by atoms with Crippen molar-refractivity contribution in [1.29, 1.82) is 0 Å². The van der Waals surface area contributed by atoms with Crippen molar-refractivity contribution in [1.82, 2.24) is 9.78 Å². The van der Waals surface area contributed by atoms with Crippen molar-refractivity contribution in [2.24, 2.45) is 0 Å². The Bertz CT molecular complexity index is 798. The molecule has 1 fully saturated rings. The zero-order valence-electron chi connectivity index (χ0n) is 12.7. The molecule has 1 unspecified atom stereocenters. The molecule has 1 atom stereocenters. The molecule has 6 nitrogen and oxygen atoms in total. The van der Waals surface area contributed by atoms with Crippen LogP contribution in [0, 0.1) is 6.92 Å². The van der Waals surface area contributed by atoms with Crippen LogP contribution in [0.25, 0.3) is 0 Å². The van der Waals surface area contributed by atoms with Crippen molar-refractivity contribution in [2.45, 2.75) is 37.3 Å². The van der Waals surface area contributed by atoms with Gasteiger partial charge in [-0.1, -0.05) is 17.7 Å².